The lowest BCUT2D eigenvalue weighted by Crippen LogP contribution is -2.10. The van der Waals surface area contributed by atoms with E-state index >= 15 is 0 Å². The third kappa shape index (κ3) is 2.03. The predicted molar refractivity (Wildman–Crippen MR) is 61.7 cm³/mol. The summed E-state index contributed by atoms with van der Waals surface area (Å²) in [5.74, 6) is 0.574. The largest absolute Gasteiger partial charge is 0.493 e. The Labute approximate surface area is 99.5 Å². The molecule has 0 spiro atoms. The van der Waals surface area contributed by atoms with Crippen molar-refractivity contribution in [2.45, 2.75) is 19.6 Å². The summed E-state index contributed by atoms with van der Waals surface area (Å²) in [6.07, 6.45) is 4.20. The summed E-state index contributed by atoms with van der Waals surface area (Å²) in [5, 5.41) is 14.5. The van der Waals surface area contributed by atoms with E-state index in [0.29, 0.717) is 23.7 Å². The highest BCUT2D eigenvalue weighted by Gasteiger charge is 2.22. The molecule has 2 aromatic rings. The van der Waals surface area contributed by atoms with Crippen molar-refractivity contribution in [1.29, 1.82) is 0 Å². The standard InChI is InChI=1S/C11H16N4O2/c1-4-15-10(9(17-3)5-13-15)11(16)8-6-14(2)7-12-8/h5-7,11,16H,4H2,1-3H3. The minimum Gasteiger partial charge on any atom is -0.493 e. The predicted octanol–water partition coefficient (Wildman–Crippen LogP) is 0.727. The minimum atomic E-state index is -0.825. The summed E-state index contributed by atoms with van der Waals surface area (Å²) in [7, 11) is 3.42. The second-order valence-electron chi connectivity index (χ2n) is 3.78. The lowest BCUT2D eigenvalue weighted by molar-refractivity contribution is 0.198. The van der Waals surface area contributed by atoms with Gasteiger partial charge in [0.1, 0.15) is 11.8 Å². The fraction of sp³-hybridized carbons (Fsp3) is 0.455. The summed E-state index contributed by atoms with van der Waals surface area (Å²) in [6, 6.07) is 0. The monoisotopic (exact) mass is 236 g/mol. The molecule has 0 aliphatic rings. The minimum absolute atomic E-state index is 0.574. The number of ether oxygens (including phenoxy) is 1. The van der Waals surface area contributed by atoms with Gasteiger partial charge in [0.25, 0.3) is 0 Å². The summed E-state index contributed by atoms with van der Waals surface area (Å²) in [6.45, 7) is 2.63. The number of aryl methyl sites for hydroxylation is 2. The van der Waals surface area contributed by atoms with Crippen LogP contribution >= 0.6 is 0 Å². The molecular weight excluding hydrogens is 220 g/mol. The van der Waals surface area contributed by atoms with E-state index in [0.717, 1.165) is 0 Å². The first-order valence-corrected chi connectivity index (χ1v) is 5.43. The molecule has 1 N–H and O–H groups in total. The van der Waals surface area contributed by atoms with Crippen LogP contribution in [0.4, 0.5) is 0 Å². The van der Waals surface area contributed by atoms with Gasteiger partial charge in [0, 0.05) is 19.8 Å². The molecule has 2 aromatic heterocycles. The molecule has 0 saturated heterocycles. The van der Waals surface area contributed by atoms with Crippen LogP contribution < -0.4 is 4.74 Å². The Hall–Kier alpha value is -1.82. The van der Waals surface area contributed by atoms with E-state index < -0.39 is 6.10 Å². The average molecular weight is 236 g/mol. The van der Waals surface area contributed by atoms with Gasteiger partial charge >= 0.3 is 0 Å². The summed E-state index contributed by atoms with van der Waals surface area (Å²) < 4.78 is 8.70. The molecule has 0 aliphatic carbocycles. The van der Waals surface area contributed by atoms with Crippen molar-refractivity contribution in [2.24, 2.45) is 7.05 Å². The normalized spacial score (nSPS) is 12.7. The van der Waals surface area contributed by atoms with Gasteiger partial charge in [0.2, 0.25) is 0 Å². The van der Waals surface area contributed by atoms with E-state index in [1.807, 2.05) is 14.0 Å². The first kappa shape index (κ1) is 11.7. The Balaban J connectivity index is 2.41. The van der Waals surface area contributed by atoms with Crippen molar-refractivity contribution < 1.29 is 9.84 Å². The maximum Gasteiger partial charge on any atom is 0.163 e. The van der Waals surface area contributed by atoms with Crippen molar-refractivity contribution in [3.8, 4) is 5.75 Å². The van der Waals surface area contributed by atoms with Crippen molar-refractivity contribution in [3.05, 3.63) is 30.1 Å². The lowest BCUT2D eigenvalue weighted by Gasteiger charge is -2.12. The Morgan fingerprint density at radius 1 is 1.53 bits per heavy atom. The van der Waals surface area contributed by atoms with Crippen LogP contribution in [0.2, 0.25) is 0 Å². The zero-order valence-corrected chi connectivity index (χ0v) is 10.2. The van der Waals surface area contributed by atoms with Crippen LogP contribution in [-0.2, 0) is 13.6 Å². The van der Waals surface area contributed by atoms with Gasteiger partial charge in [0.15, 0.2) is 5.75 Å². The third-order valence-electron chi connectivity index (χ3n) is 2.63. The molecule has 92 valence electrons. The van der Waals surface area contributed by atoms with Crippen LogP contribution in [0.3, 0.4) is 0 Å². The van der Waals surface area contributed by atoms with Crippen LogP contribution in [0.1, 0.15) is 24.4 Å². The first-order chi connectivity index (χ1) is 8.17. The first-order valence-electron chi connectivity index (χ1n) is 5.43. The maximum absolute atomic E-state index is 10.3. The molecule has 2 rings (SSSR count). The number of methoxy groups -OCH3 is 1. The van der Waals surface area contributed by atoms with Crippen molar-refractivity contribution in [2.75, 3.05) is 7.11 Å². The highest BCUT2D eigenvalue weighted by atomic mass is 16.5. The second-order valence-corrected chi connectivity index (χ2v) is 3.78. The number of aliphatic hydroxyl groups excluding tert-OH is 1. The summed E-state index contributed by atoms with van der Waals surface area (Å²) in [5.41, 5.74) is 1.22. The fourth-order valence-electron chi connectivity index (χ4n) is 1.78. The molecule has 2 heterocycles. The molecule has 6 nitrogen and oxygen atoms in total. The number of rotatable bonds is 4. The molecule has 1 unspecified atom stereocenters. The number of imidazole rings is 1. The van der Waals surface area contributed by atoms with Gasteiger partial charge in [-0.3, -0.25) is 4.68 Å². The second kappa shape index (κ2) is 4.58. The Morgan fingerprint density at radius 2 is 2.29 bits per heavy atom. The SMILES string of the molecule is CCn1ncc(OC)c1C(O)c1cn(C)cn1. The average Bonchev–Trinajstić information content (AvgIpc) is 2.93. The smallest absolute Gasteiger partial charge is 0.163 e. The lowest BCUT2D eigenvalue weighted by atomic mass is 10.2. The molecule has 0 amide bonds. The molecular formula is C11H16N4O2. The molecule has 0 bridgehead atoms. The van der Waals surface area contributed by atoms with Crippen LogP contribution in [0.15, 0.2) is 18.7 Å². The van der Waals surface area contributed by atoms with Crippen LogP contribution in [0, 0.1) is 0 Å². The van der Waals surface area contributed by atoms with E-state index in [2.05, 4.69) is 10.1 Å². The van der Waals surface area contributed by atoms with Gasteiger partial charge in [-0.2, -0.15) is 5.10 Å². The molecule has 6 heteroatoms. The van der Waals surface area contributed by atoms with Gasteiger partial charge in [-0.1, -0.05) is 0 Å². The number of aromatic nitrogens is 4. The van der Waals surface area contributed by atoms with E-state index in [1.165, 1.54) is 0 Å². The van der Waals surface area contributed by atoms with Gasteiger partial charge in [-0.15, -0.1) is 0 Å². The number of hydrogen-bond donors (Lipinski definition) is 1. The highest BCUT2D eigenvalue weighted by Crippen LogP contribution is 2.28. The number of nitrogens with zero attached hydrogens (tertiary/aromatic N) is 4. The van der Waals surface area contributed by atoms with E-state index in [-0.39, 0.29) is 0 Å². The van der Waals surface area contributed by atoms with E-state index in [9.17, 15) is 5.11 Å². The molecule has 1 atom stereocenters. The van der Waals surface area contributed by atoms with Crippen molar-refractivity contribution >= 4 is 0 Å². The van der Waals surface area contributed by atoms with Crippen LogP contribution in [0.5, 0.6) is 5.75 Å². The quantitative estimate of drug-likeness (QED) is 0.849. The van der Waals surface area contributed by atoms with E-state index in [1.54, 1.807) is 35.1 Å². The molecule has 17 heavy (non-hydrogen) atoms. The maximum atomic E-state index is 10.3. The van der Waals surface area contributed by atoms with Crippen LogP contribution in [0.25, 0.3) is 0 Å². The number of hydrogen-bond acceptors (Lipinski definition) is 4. The summed E-state index contributed by atoms with van der Waals surface area (Å²) in [4.78, 5) is 4.14. The molecule has 0 saturated carbocycles. The number of aliphatic hydroxyl groups is 1. The zero-order chi connectivity index (χ0) is 12.4. The van der Waals surface area contributed by atoms with Crippen LogP contribution in [-0.4, -0.2) is 31.5 Å². The van der Waals surface area contributed by atoms with Gasteiger partial charge < -0.3 is 14.4 Å². The molecule has 0 fully saturated rings. The third-order valence-corrected chi connectivity index (χ3v) is 2.63. The highest BCUT2D eigenvalue weighted by molar-refractivity contribution is 5.31. The Kier molecular flexibility index (Phi) is 3.14. The van der Waals surface area contributed by atoms with Crippen molar-refractivity contribution in [3.63, 3.8) is 0 Å². The van der Waals surface area contributed by atoms with E-state index in [4.69, 9.17) is 4.74 Å². The Morgan fingerprint density at radius 3 is 2.82 bits per heavy atom. The van der Waals surface area contributed by atoms with Gasteiger partial charge in [-0.25, -0.2) is 4.98 Å². The summed E-state index contributed by atoms with van der Waals surface area (Å²) >= 11 is 0. The van der Waals surface area contributed by atoms with Gasteiger partial charge in [0.05, 0.1) is 25.3 Å². The Bertz CT molecular complexity index is 482. The fourth-order valence-corrected chi connectivity index (χ4v) is 1.78. The van der Waals surface area contributed by atoms with Crippen molar-refractivity contribution in [1.82, 2.24) is 19.3 Å². The topological polar surface area (TPSA) is 65.1 Å². The zero-order valence-electron chi connectivity index (χ0n) is 10.2. The molecule has 0 aromatic carbocycles. The molecule has 0 radical (unpaired) electrons. The molecule has 0 aliphatic heterocycles. The van der Waals surface area contributed by atoms with Gasteiger partial charge in [-0.05, 0) is 6.92 Å².